The fraction of sp³-hybridized carbons (Fsp3) is 0.676. The molecule has 0 bridgehead atoms. The minimum atomic E-state index is -2.03. The zero-order valence-electron chi connectivity index (χ0n) is 31.0. The van der Waals surface area contributed by atoms with Crippen molar-refractivity contribution >= 4 is 39.2 Å². The lowest BCUT2D eigenvalue weighted by atomic mass is 9.94. The average Bonchev–Trinajstić information content (AvgIpc) is 3.79. The molecule has 276 valence electrons. The summed E-state index contributed by atoms with van der Waals surface area (Å²) in [6.45, 7) is 20.0. The topological polar surface area (TPSA) is 97.1 Å². The minimum Gasteiger partial charge on any atom is -0.456 e. The van der Waals surface area contributed by atoms with Crippen molar-refractivity contribution in [2.24, 2.45) is 0 Å². The van der Waals surface area contributed by atoms with Crippen LogP contribution < -0.4 is 4.74 Å². The largest absolute Gasteiger partial charge is 0.456 e. The van der Waals surface area contributed by atoms with Gasteiger partial charge in [0, 0.05) is 21.3 Å². The molecule has 6 rings (SSSR count). The lowest BCUT2D eigenvalue weighted by Crippen LogP contribution is -2.47. The molecule has 2 saturated heterocycles. The van der Waals surface area contributed by atoms with Gasteiger partial charge < -0.3 is 28.5 Å². The molecule has 3 aromatic rings. The molecule has 1 N–H and O–H groups in total. The third-order valence-corrected chi connectivity index (χ3v) is 17.4. The number of aliphatic hydroxyl groups excluding tert-OH is 1. The molecule has 2 aliphatic heterocycles. The molecule has 4 heterocycles. The Hall–Kier alpha value is -1.91. The molecule has 2 fully saturated rings. The lowest BCUT2D eigenvalue weighted by molar-refractivity contribution is 0.00687. The van der Waals surface area contributed by atoms with Gasteiger partial charge in [-0.25, -0.2) is 9.37 Å². The van der Waals surface area contributed by atoms with Gasteiger partial charge in [-0.15, -0.1) is 0 Å². The van der Waals surface area contributed by atoms with E-state index < -0.39 is 16.4 Å². The van der Waals surface area contributed by atoms with Crippen LogP contribution in [-0.4, -0.2) is 86.9 Å². The maximum atomic E-state index is 15.5. The first-order chi connectivity index (χ1) is 23.5. The highest BCUT2D eigenvalue weighted by molar-refractivity contribution is 6.76. The Labute approximate surface area is 303 Å². The summed E-state index contributed by atoms with van der Waals surface area (Å²) in [5.74, 6) is -0.220. The number of imidazole rings is 1. The van der Waals surface area contributed by atoms with Crippen molar-refractivity contribution in [2.45, 2.75) is 134 Å². The van der Waals surface area contributed by atoms with Crippen molar-refractivity contribution in [1.29, 1.82) is 0 Å². The molecule has 3 aliphatic rings. The van der Waals surface area contributed by atoms with Crippen LogP contribution in [0.3, 0.4) is 0 Å². The van der Waals surface area contributed by atoms with Crippen LogP contribution >= 0.6 is 11.6 Å². The number of ether oxygens (including phenoxy) is 4. The predicted octanol–water partition coefficient (Wildman–Crippen LogP) is 7.67. The van der Waals surface area contributed by atoms with Gasteiger partial charge in [-0.05, 0) is 91.0 Å². The van der Waals surface area contributed by atoms with Crippen molar-refractivity contribution in [2.75, 3.05) is 26.4 Å². The Morgan fingerprint density at radius 1 is 1.04 bits per heavy atom. The van der Waals surface area contributed by atoms with Gasteiger partial charge in [0.1, 0.15) is 30.3 Å². The Morgan fingerprint density at radius 3 is 2.46 bits per heavy atom. The fourth-order valence-electron chi connectivity index (χ4n) is 6.99. The normalized spacial score (nSPS) is 23.9. The zero-order chi connectivity index (χ0) is 36.0. The van der Waals surface area contributed by atoms with Crippen LogP contribution in [0.2, 0.25) is 48.8 Å². The first kappa shape index (κ1) is 37.8. The minimum absolute atomic E-state index is 0.0343. The summed E-state index contributed by atoms with van der Waals surface area (Å²) in [7, 11) is -3.33. The smallest absolute Gasteiger partial charge is 0.301 e. The number of aromatic nitrogens is 3. The molecule has 0 amide bonds. The van der Waals surface area contributed by atoms with Crippen LogP contribution in [0, 0.1) is 5.82 Å². The van der Waals surface area contributed by atoms with E-state index in [4.69, 9.17) is 44.9 Å². The molecule has 9 nitrogen and oxygen atoms in total. The van der Waals surface area contributed by atoms with Crippen molar-refractivity contribution in [3.8, 4) is 6.01 Å². The number of benzene rings is 1. The van der Waals surface area contributed by atoms with Crippen molar-refractivity contribution in [1.82, 2.24) is 14.5 Å². The van der Waals surface area contributed by atoms with Crippen LogP contribution in [0.4, 0.5) is 4.39 Å². The average molecular weight is 748 g/mol. The molecule has 0 unspecified atom stereocenters. The summed E-state index contributed by atoms with van der Waals surface area (Å²) in [6, 6.07) is 6.95. The number of pyridine rings is 1. The molecule has 5 atom stereocenters. The maximum Gasteiger partial charge on any atom is 0.301 e. The quantitative estimate of drug-likeness (QED) is 0.133. The lowest BCUT2D eigenvalue weighted by Gasteiger charge is -2.39. The second kappa shape index (κ2) is 14.8. The van der Waals surface area contributed by atoms with Crippen molar-refractivity contribution < 1.29 is 32.9 Å². The fourth-order valence-corrected chi connectivity index (χ4v) is 9.28. The van der Waals surface area contributed by atoms with E-state index >= 15 is 4.39 Å². The zero-order valence-corrected chi connectivity index (χ0v) is 33.7. The number of aryl methyl sites for hydroxylation is 2. The van der Waals surface area contributed by atoms with Crippen molar-refractivity contribution in [3.63, 3.8) is 0 Å². The highest BCUT2D eigenvalue weighted by Crippen LogP contribution is 2.42. The summed E-state index contributed by atoms with van der Waals surface area (Å²) in [4.78, 5) is 9.91. The Balaban J connectivity index is 1.24. The Kier molecular flexibility index (Phi) is 11.2. The second-order valence-corrected chi connectivity index (χ2v) is 27.8. The summed E-state index contributed by atoms with van der Waals surface area (Å²) in [6.07, 6.45) is 2.42. The molecular formula is C37H55ClFN3O6Si2. The molecule has 0 radical (unpaired) electrons. The van der Waals surface area contributed by atoms with E-state index in [0.29, 0.717) is 67.0 Å². The van der Waals surface area contributed by atoms with Crippen molar-refractivity contribution in [3.05, 3.63) is 51.4 Å². The number of nitrogens with zero attached hydrogens (tertiary/aromatic N) is 3. The first-order valence-corrected chi connectivity index (χ1v) is 25.2. The summed E-state index contributed by atoms with van der Waals surface area (Å²) < 4.78 is 49.4. The van der Waals surface area contributed by atoms with E-state index in [1.807, 2.05) is 10.6 Å². The van der Waals surface area contributed by atoms with Crippen LogP contribution in [0.5, 0.6) is 6.01 Å². The molecule has 1 aromatic carbocycles. The first-order valence-electron chi connectivity index (χ1n) is 18.2. The van der Waals surface area contributed by atoms with E-state index in [1.54, 1.807) is 6.07 Å². The van der Waals surface area contributed by atoms with Gasteiger partial charge in [0.15, 0.2) is 20.1 Å². The molecule has 13 heteroatoms. The predicted molar refractivity (Wildman–Crippen MR) is 199 cm³/mol. The van der Waals surface area contributed by atoms with E-state index in [2.05, 4.69) is 59.6 Å². The van der Waals surface area contributed by atoms with E-state index in [9.17, 15) is 5.11 Å². The van der Waals surface area contributed by atoms with E-state index in [0.717, 1.165) is 35.6 Å². The summed E-state index contributed by atoms with van der Waals surface area (Å²) in [5.41, 5.74) is 4.65. The summed E-state index contributed by atoms with van der Waals surface area (Å²) >= 11 is 6.87. The number of aliphatic hydroxyl groups is 1. The highest BCUT2D eigenvalue weighted by atomic mass is 35.5. The molecular weight excluding hydrogens is 693 g/mol. The number of fused-ring (bicyclic) bond motifs is 3. The number of rotatable bonds is 14. The van der Waals surface area contributed by atoms with Gasteiger partial charge in [0.2, 0.25) is 0 Å². The van der Waals surface area contributed by atoms with Gasteiger partial charge in [0.05, 0.1) is 30.0 Å². The molecule has 2 aromatic heterocycles. The third-order valence-electron chi connectivity index (χ3n) is 10.9. The number of hydrogen-bond acceptors (Lipinski definition) is 8. The molecule has 0 saturated carbocycles. The van der Waals surface area contributed by atoms with Gasteiger partial charge in [-0.1, -0.05) is 58.1 Å². The molecule has 0 spiro atoms. The number of hydrogen-bond donors (Lipinski definition) is 1. The third kappa shape index (κ3) is 8.17. The second-order valence-electron chi connectivity index (χ2n) is 17.0. The molecule has 50 heavy (non-hydrogen) atoms. The van der Waals surface area contributed by atoms with Crippen LogP contribution in [-0.2, 0) is 44.6 Å². The van der Waals surface area contributed by atoms with Crippen LogP contribution in [0.25, 0.3) is 11.2 Å². The summed E-state index contributed by atoms with van der Waals surface area (Å²) in [5, 5.41) is 9.81. The molecule has 1 aliphatic carbocycles. The Morgan fingerprint density at radius 2 is 1.76 bits per heavy atom. The van der Waals surface area contributed by atoms with E-state index in [1.165, 1.54) is 0 Å². The SMILES string of the molecule is CC(C)(C)[Si](C)(C)O[C@@H]1CO[C@H]2[C@@H]1OC[C@H]2Oc1nc2cc(Cl)c(C[C@H]3CCc4cc(CCCO)cc(F)c43)nc2n1COCC[Si](C)(C)C. The van der Waals surface area contributed by atoms with Crippen LogP contribution in [0.1, 0.15) is 61.9 Å². The van der Waals surface area contributed by atoms with Crippen LogP contribution in [0.15, 0.2) is 18.2 Å². The highest BCUT2D eigenvalue weighted by Gasteiger charge is 2.52. The van der Waals surface area contributed by atoms with Gasteiger partial charge in [-0.3, -0.25) is 4.57 Å². The van der Waals surface area contributed by atoms with Gasteiger partial charge in [-0.2, -0.15) is 4.98 Å². The van der Waals surface area contributed by atoms with E-state index in [-0.39, 0.29) is 54.5 Å². The number of halogens is 2. The Bertz CT molecular complexity index is 1680. The standard InChI is InChI=1S/C37H55ClFN3O6Si2/c1-37(2,3)50(7,8)48-31-21-46-33-30(20-45-34(31)33)47-36-41-29-19-26(38)28(40-35(29)42(36)22-44-14-15-49(4,5)6)18-25-12-11-24-16-23(10-9-13-43)17-27(39)32(24)25/h16-17,19,25,30-31,33-34,43H,9-15,18,20-22H2,1-8H3/t25-,30-,31-,33-,34-/m1/s1. The maximum absolute atomic E-state index is 15.5. The van der Waals surface area contributed by atoms with Gasteiger partial charge in [0.25, 0.3) is 0 Å². The monoisotopic (exact) mass is 747 g/mol. The van der Waals surface area contributed by atoms with Gasteiger partial charge >= 0.3 is 6.01 Å².